The Hall–Kier alpha value is -0.265. The molecular formula is C11H27BN4O5S. The van der Waals surface area contributed by atoms with E-state index in [4.69, 9.17) is 20.6 Å². The first-order valence-corrected chi connectivity index (χ1v) is 8.80. The number of nitrogens with two attached hydrogens (primary N) is 1. The minimum Gasteiger partial charge on any atom is -0.427 e. The van der Waals surface area contributed by atoms with Crippen LogP contribution < -0.4 is 11.1 Å². The van der Waals surface area contributed by atoms with Crippen molar-refractivity contribution in [1.82, 2.24) is 14.1 Å². The molecule has 0 unspecified atom stereocenters. The van der Waals surface area contributed by atoms with Crippen LogP contribution in [0.5, 0.6) is 0 Å². The number of rotatable bonds is 10. The Morgan fingerprint density at radius 3 is 2.68 bits per heavy atom. The molecule has 1 aliphatic heterocycles. The zero-order valence-corrected chi connectivity index (χ0v) is 14.0. The molecule has 22 heavy (non-hydrogen) atoms. The van der Waals surface area contributed by atoms with Crippen molar-refractivity contribution in [1.29, 1.82) is 0 Å². The molecule has 0 saturated carbocycles. The van der Waals surface area contributed by atoms with Gasteiger partial charge in [0.15, 0.2) is 0 Å². The van der Waals surface area contributed by atoms with Gasteiger partial charge in [0.2, 0.25) is 0 Å². The van der Waals surface area contributed by atoms with E-state index in [1.54, 1.807) is 7.05 Å². The van der Waals surface area contributed by atoms with Crippen LogP contribution in [0.4, 0.5) is 0 Å². The quantitative estimate of drug-likeness (QED) is 0.263. The van der Waals surface area contributed by atoms with Crippen LogP contribution in [0.15, 0.2) is 0 Å². The average molecular weight is 338 g/mol. The summed E-state index contributed by atoms with van der Waals surface area (Å²) in [7, 11) is -1.98. The van der Waals surface area contributed by atoms with E-state index in [0.717, 1.165) is 4.47 Å². The Morgan fingerprint density at radius 1 is 1.45 bits per heavy atom. The molecule has 2 atom stereocenters. The highest BCUT2D eigenvalue weighted by Crippen LogP contribution is 2.25. The highest BCUT2D eigenvalue weighted by Gasteiger charge is 2.39. The fraction of sp³-hybridized carbons (Fsp3) is 1.00. The fourth-order valence-corrected chi connectivity index (χ4v) is 4.05. The lowest BCUT2D eigenvalue weighted by atomic mass is 9.82. The Labute approximate surface area is 132 Å². The monoisotopic (exact) mass is 338 g/mol. The van der Waals surface area contributed by atoms with Crippen LogP contribution in [-0.2, 0) is 15.0 Å². The normalized spacial score (nSPS) is 23.4. The molecule has 0 amide bonds. The number of likely N-dealkylation sites (N-methyl/N-ethyl adjacent to an activating group) is 1. The lowest BCUT2D eigenvalue weighted by Crippen LogP contribution is -2.45. The summed E-state index contributed by atoms with van der Waals surface area (Å²) >= 11 is 0. The molecule has 0 aromatic rings. The van der Waals surface area contributed by atoms with E-state index in [1.165, 1.54) is 11.4 Å². The lowest BCUT2D eigenvalue weighted by Gasteiger charge is -2.25. The molecule has 1 heterocycles. The maximum absolute atomic E-state index is 12.5. The van der Waals surface area contributed by atoms with Crippen LogP contribution in [0.1, 0.15) is 12.8 Å². The van der Waals surface area contributed by atoms with Crippen LogP contribution in [0, 0.1) is 5.92 Å². The van der Waals surface area contributed by atoms with Crippen LogP contribution in [0.2, 0.25) is 6.32 Å². The van der Waals surface area contributed by atoms with Crippen molar-refractivity contribution in [3.8, 4) is 0 Å². The zero-order valence-electron chi connectivity index (χ0n) is 13.2. The average Bonchev–Trinajstić information content (AvgIpc) is 2.81. The molecule has 9 nitrogen and oxygen atoms in total. The molecule has 5 N–H and O–H groups in total. The second-order valence-electron chi connectivity index (χ2n) is 5.47. The van der Waals surface area contributed by atoms with Gasteiger partial charge in [-0.1, -0.05) is 10.9 Å². The zero-order chi connectivity index (χ0) is 16.8. The van der Waals surface area contributed by atoms with Gasteiger partial charge in [0.1, 0.15) is 0 Å². The summed E-state index contributed by atoms with van der Waals surface area (Å²) in [6, 6.07) is -0.256. The van der Waals surface area contributed by atoms with Crippen LogP contribution in [-0.4, -0.2) is 80.7 Å². The standard InChI is InChI=1S/C11H27BN4O5S/c1-14-6-7-16(21-2)22(19,20)15-8-10(11(13)9-15)4-3-5-12(17)18/h10-11,14,17-18H,3-9,13H2,1-2H3/t10-,11-/m0/s1. The maximum Gasteiger partial charge on any atom is 0.451 e. The molecule has 1 saturated heterocycles. The van der Waals surface area contributed by atoms with Crippen molar-refractivity contribution in [2.24, 2.45) is 11.7 Å². The van der Waals surface area contributed by atoms with E-state index in [-0.39, 0.29) is 31.4 Å². The van der Waals surface area contributed by atoms with Gasteiger partial charge in [-0.15, -0.1) is 0 Å². The first kappa shape index (κ1) is 19.8. The van der Waals surface area contributed by atoms with E-state index >= 15 is 0 Å². The second kappa shape index (κ2) is 9.13. The number of nitrogens with one attached hydrogen (secondary N) is 1. The third kappa shape index (κ3) is 5.42. The summed E-state index contributed by atoms with van der Waals surface area (Å²) in [6.45, 7) is 1.26. The van der Waals surface area contributed by atoms with Crippen molar-refractivity contribution >= 4 is 17.3 Å². The SMILES string of the molecule is CNCCN(OC)S(=O)(=O)N1C[C@H](CCCB(O)O)[C@@H](N)C1. The third-order valence-electron chi connectivity index (χ3n) is 3.83. The highest BCUT2D eigenvalue weighted by atomic mass is 32.2. The molecule has 0 spiro atoms. The van der Waals surface area contributed by atoms with Gasteiger partial charge in [-0.05, 0) is 25.7 Å². The van der Waals surface area contributed by atoms with E-state index < -0.39 is 17.3 Å². The van der Waals surface area contributed by atoms with Gasteiger partial charge in [0.25, 0.3) is 0 Å². The van der Waals surface area contributed by atoms with Gasteiger partial charge < -0.3 is 21.1 Å². The Morgan fingerprint density at radius 2 is 2.14 bits per heavy atom. The summed E-state index contributed by atoms with van der Waals surface area (Å²) in [4.78, 5) is 4.97. The molecule has 0 bridgehead atoms. The van der Waals surface area contributed by atoms with Crippen molar-refractivity contribution in [3.63, 3.8) is 0 Å². The third-order valence-corrected chi connectivity index (χ3v) is 5.62. The molecule has 1 rings (SSSR count). The molecule has 130 valence electrons. The maximum atomic E-state index is 12.5. The first-order chi connectivity index (χ1) is 10.3. The molecule has 0 aliphatic carbocycles. The van der Waals surface area contributed by atoms with Crippen molar-refractivity contribution < 1.29 is 23.3 Å². The Bertz CT molecular complexity index is 425. The summed E-state index contributed by atoms with van der Waals surface area (Å²) < 4.78 is 27.3. The number of hydrogen-bond donors (Lipinski definition) is 4. The predicted octanol–water partition coefficient (Wildman–Crippen LogP) is -2.17. The number of nitrogens with zero attached hydrogens (tertiary/aromatic N) is 2. The molecule has 11 heteroatoms. The van der Waals surface area contributed by atoms with Gasteiger partial charge in [-0.2, -0.15) is 12.7 Å². The van der Waals surface area contributed by atoms with Gasteiger partial charge >= 0.3 is 17.3 Å². The van der Waals surface area contributed by atoms with E-state index in [9.17, 15) is 8.42 Å². The highest BCUT2D eigenvalue weighted by molar-refractivity contribution is 7.86. The van der Waals surface area contributed by atoms with Crippen molar-refractivity contribution in [2.45, 2.75) is 25.2 Å². The van der Waals surface area contributed by atoms with E-state index in [0.29, 0.717) is 25.9 Å². The fourth-order valence-electron chi connectivity index (χ4n) is 2.54. The number of hydroxylamine groups is 1. The van der Waals surface area contributed by atoms with Gasteiger partial charge in [-0.3, -0.25) is 4.84 Å². The molecular weight excluding hydrogens is 311 g/mol. The lowest BCUT2D eigenvalue weighted by molar-refractivity contribution is -0.0520. The Balaban J connectivity index is 2.61. The molecule has 1 aliphatic rings. The second-order valence-corrected chi connectivity index (χ2v) is 7.29. The molecule has 0 aromatic heterocycles. The molecule has 0 radical (unpaired) electrons. The summed E-state index contributed by atoms with van der Waals surface area (Å²) in [5.74, 6) is 0.0107. The summed E-state index contributed by atoms with van der Waals surface area (Å²) in [6.07, 6.45) is 1.52. The largest absolute Gasteiger partial charge is 0.451 e. The van der Waals surface area contributed by atoms with Crippen molar-refractivity contribution in [3.05, 3.63) is 0 Å². The van der Waals surface area contributed by atoms with Gasteiger partial charge in [0.05, 0.1) is 13.7 Å². The molecule has 0 aromatic carbocycles. The summed E-state index contributed by atoms with van der Waals surface area (Å²) in [5.41, 5.74) is 6.02. The van der Waals surface area contributed by atoms with Gasteiger partial charge in [-0.25, -0.2) is 0 Å². The molecule has 1 fully saturated rings. The van der Waals surface area contributed by atoms with Crippen LogP contribution in [0.3, 0.4) is 0 Å². The van der Waals surface area contributed by atoms with Crippen LogP contribution in [0.25, 0.3) is 0 Å². The van der Waals surface area contributed by atoms with Gasteiger partial charge in [0, 0.05) is 25.7 Å². The van der Waals surface area contributed by atoms with Crippen molar-refractivity contribution in [2.75, 3.05) is 40.3 Å². The van der Waals surface area contributed by atoms with E-state index in [2.05, 4.69) is 5.32 Å². The van der Waals surface area contributed by atoms with Crippen LogP contribution >= 0.6 is 0 Å². The Kier molecular flexibility index (Phi) is 8.21. The van der Waals surface area contributed by atoms with E-state index in [1.807, 2.05) is 0 Å². The smallest absolute Gasteiger partial charge is 0.427 e. The topological polar surface area (TPSA) is 128 Å². The predicted molar refractivity (Wildman–Crippen MR) is 83.8 cm³/mol. The minimum absolute atomic E-state index is 0.0107. The first-order valence-electron chi connectivity index (χ1n) is 7.41. The minimum atomic E-state index is -3.70. The number of hydrogen-bond acceptors (Lipinski definition) is 7. The summed E-state index contributed by atoms with van der Waals surface area (Å²) in [5, 5.41) is 20.6.